The summed E-state index contributed by atoms with van der Waals surface area (Å²) >= 11 is 0. The third-order valence-corrected chi connectivity index (χ3v) is 6.20. The number of rotatable bonds is 6. The predicted octanol–water partition coefficient (Wildman–Crippen LogP) is 4.95. The summed E-state index contributed by atoms with van der Waals surface area (Å²) in [6.45, 7) is 1.89. The molecule has 2 N–H and O–H groups in total. The molecular formula is C28H28N6O2. The third-order valence-electron chi connectivity index (χ3n) is 6.20. The Labute approximate surface area is 210 Å². The van der Waals surface area contributed by atoms with E-state index in [9.17, 15) is 4.79 Å². The lowest BCUT2D eigenvalue weighted by molar-refractivity contribution is -0.113. The summed E-state index contributed by atoms with van der Waals surface area (Å²) in [6, 6.07) is 24.7. The summed E-state index contributed by atoms with van der Waals surface area (Å²) in [5, 5.41) is 11.2. The van der Waals surface area contributed by atoms with Crippen molar-refractivity contribution >= 4 is 23.2 Å². The summed E-state index contributed by atoms with van der Waals surface area (Å²) in [4.78, 5) is 20.4. The first-order chi connectivity index (χ1) is 17.4. The SMILES string of the molecule is COc1ccc(C2C(C(=O)Nc3ccccc3)=C(C)Nc3nc(-c4ccc(N(C)C)cc4)nn32)cc1. The molecule has 0 saturated heterocycles. The molecule has 2 heterocycles. The van der Waals surface area contributed by atoms with Gasteiger partial charge in [-0.2, -0.15) is 4.98 Å². The molecule has 1 atom stereocenters. The van der Waals surface area contributed by atoms with Gasteiger partial charge in [0.05, 0.1) is 12.7 Å². The Bertz CT molecular complexity index is 1410. The summed E-state index contributed by atoms with van der Waals surface area (Å²) in [5.74, 6) is 1.70. The zero-order valence-electron chi connectivity index (χ0n) is 20.7. The van der Waals surface area contributed by atoms with Crippen molar-refractivity contribution in [2.75, 3.05) is 36.7 Å². The van der Waals surface area contributed by atoms with Crippen LogP contribution < -0.4 is 20.3 Å². The van der Waals surface area contributed by atoms with Crippen molar-refractivity contribution in [2.45, 2.75) is 13.0 Å². The van der Waals surface area contributed by atoms with Crippen LogP contribution in [0.15, 0.2) is 90.1 Å². The summed E-state index contributed by atoms with van der Waals surface area (Å²) in [6.07, 6.45) is 0. The van der Waals surface area contributed by atoms with Crippen LogP contribution in [-0.2, 0) is 4.79 Å². The van der Waals surface area contributed by atoms with Crippen molar-refractivity contribution in [3.05, 3.63) is 95.7 Å². The molecule has 1 aromatic heterocycles. The second-order valence-corrected chi connectivity index (χ2v) is 8.80. The molecule has 1 aliphatic heterocycles. The van der Waals surface area contributed by atoms with E-state index in [-0.39, 0.29) is 5.91 Å². The number of fused-ring (bicyclic) bond motifs is 1. The van der Waals surface area contributed by atoms with E-state index in [1.54, 1.807) is 11.8 Å². The number of nitrogens with zero attached hydrogens (tertiary/aromatic N) is 4. The molecular weight excluding hydrogens is 452 g/mol. The number of allylic oxidation sites excluding steroid dienone is 1. The third kappa shape index (κ3) is 4.40. The van der Waals surface area contributed by atoms with E-state index >= 15 is 0 Å². The molecule has 5 rings (SSSR count). The molecule has 8 heteroatoms. The van der Waals surface area contributed by atoms with Crippen molar-refractivity contribution in [2.24, 2.45) is 0 Å². The maximum Gasteiger partial charge on any atom is 0.255 e. The van der Waals surface area contributed by atoms with Crippen LogP contribution in [0.25, 0.3) is 11.4 Å². The van der Waals surface area contributed by atoms with Gasteiger partial charge in [0.25, 0.3) is 5.91 Å². The minimum Gasteiger partial charge on any atom is -0.497 e. The van der Waals surface area contributed by atoms with Crippen LogP contribution in [0.1, 0.15) is 18.5 Å². The molecule has 0 saturated carbocycles. The zero-order valence-corrected chi connectivity index (χ0v) is 20.7. The first kappa shape index (κ1) is 23.2. The molecule has 0 aliphatic carbocycles. The number of anilines is 3. The van der Waals surface area contributed by atoms with Crippen LogP contribution in [-0.4, -0.2) is 41.9 Å². The Hall–Kier alpha value is -4.59. The zero-order chi connectivity index (χ0) is 25.2. The topological polar surface area (TPSA) is 84.3 Å². The molecule has 4 aromatic rings. The highest BCUT2D eigenvalue weighted by Gasteiger charge is 2.34. The average molecular weight is 481 g/mol. The van der Waals surface area contributed by atoms with Crippen molar-refractivity contribution in [1.29, 1.82) is 0 Å². The number of carbonyl (C=O) groups is 1. The largest absolute Gasteiger partial charge is 0.497 e. The van der Waals surface area contributed by atoms with Gasteiger partial charge in [-0.15, -0.1) is 5.10 Å². The molecule has 3 aromatic carbocycles. The van der Waals surface area contributed by atoms with Gasteiger partial charge < -0.3 is 20.3 Å². The Morgan fingerprint density at radius 3 is 2.33 bits per heavy atom. The van der Waals surface area contributed by atoms with Crippen molar-refractivity contribution < 1.29 is 9.53 Å². The van der Waals surface area contributed by atoms with E-state index in [4.69, 9.17) is 14.8 Å². The summed E-state index contributed by atoms with van der Waals surface area (Å²) in [7, 11) is 5.64. The van der Waals surface area contributed by atoms with Crippen molar-refractivity contribution in [1.82, 2.24) is 14.8 Å². The van der Waals surface area contributed by atoms with E-state index in [0.717, 1.165) is 33.9 Å². The Kier molecular flexibility index (Phi) is 6.16. The van der Waals surface area contributed by atoms with E-state index in [0.29, 0.717) is 17.3 Å². The van der Waals surface area contributed by atoms with Crippen molar-refractivity contribution in [3.63, 3.8) is 0 Å². The number of aromatic nitrogens is 3. The molecule has 0 spiro atoms. The van der Waals surface area contributed by atoms with E-state index in [1.807, 2.05) is 105 Å². The fraction of sp³-hybridized carbons (Fsp3) is 0.179. The summed E-state index contributed by atoms with van der Waals surface area (Å²) in [5.41, 5.74) is 4.90. The predicted molar refractivity (Wildman–Crippen MR) is 142 cm³/mol. The molecule has 1 unspecified atom stereocenters. The van der Waals surface area contributed by atoms with Gasteiger partial charge in [-0.25, -0.2) is 4.68 Å². The van der Waals surface area contributed by atoms with Gasteiger partial charge in [0.15, 0.2) is 5.82 Å². The van der Waals surface area contributed by atoms with Gasteiger partial charge in [0, 0.05) is 36.7 Å². The number of para-hydroxylation sites is 1. The summed E-state index contributed by atoms with van der Waals surface area (Å²) < 4.78 is 7.13. The molecule has 1 amide bonds. The van der Waals surface area contributed by atoms with E-state index < -0.39 is 6.04 Å². The average Bonchev–Trinajstić information content (AvgIpc) is 3.32. The Balaban J connectivity index is 1.57. The van der Waals surface area contributed by atoms with Crippen molar-refractivity contribution in [3.8, 4) is 17.1 Å². The van der Waals surface area contributed by atoms with E-state index in [1.165, 1.54) is 0 Å². The number of benzene rings is 3. The number of hydrogen-bond donors (Lipinski definition) is 2. The maximum absolute atomic E-state index is 13.6. The number of amides is 1. The second kappa shape index (κ2) is 9.58. The molecule has 0 radical (unpaired) electrons. The molecule has 182 valence electrons. The monoisotopic (exact) mass is 480 g/mol. The fourth-order valence-corrected chi connectivity index (χ4v) is 4.29. The Morgan fingerprint density at radius 1 is 1.00 bits per heavy atom. The van der Waals surface area contributed by atoms with Crippen LogP contribution in [0.2, 0.25) is 0 Å². The number of nitrogens with one attached hydrogen (secondary N) is 2. The Morgan fingerprint density at radius 2 is 1.69 bits per heavy atom. The normalized spacial score (nSPS) is 14.6. The van der Waals surface area contributed by atoms with E-state index in [2.05, 4.69) is 10.6 Å². The minimum absolute atomic E-state index is 0.204. The smallest absolute Gasteiger partial charge is 0.255 e. The van der Waals surface area contributed by atoms with Crippen LogP contribution in [0.4, 0.5) is 17.3 Å². The molecule has 0 bridgehead atoms. The lowest BCUT2D eigenvalue weighted by atomic mass is 9.95. The highest BCUT2D eigenvalue weighted by Crippen LogP contribution is 2.37. The van der Waals surface area contributed by atoms with Gasteiger partial charge in [0.1, 0.15) is 11.8 Å². The molecule has 0 fully saturated rings. The number of carbonyl (C=O) groups excluding carboxylic acids is 1. The quantitative estimate of drug-likeness (QED) is 0.406. The minimum atomic E-state index is -0.474. The highest BCUT2D eigenvalue weighted by atomic mass is 16.5. The van der Waals surface area contributed by atoms with Crippen LogP contribution >= 0.6 is 0 Å². The molecule has 8 nitrogen and oxygen atoms in total. The number of methoxy groups -OCH3 is 1. The van der Waals surface area contributed by atoms with Crippen LogP contribution in [0.5, 0.6) is 5.75 Å². The van der Waals surface area contributed by atoms with Gasteiger partial charge in [-0.1, -0.05) is 30.3 Å². The lowest BCUT2D eigenvalue weighted by Gasteiger charge is -2.28. The van der Waals surface area contributed by atoms with Crippen LogP contribution in [0.3, 0.4) is 0 Å². The highest BCUT2D eigenvalue weighted by molar-refractivity contribution is 6.06. The number of hydrogen-bond acceptors (Lipinski definition) is 6. The fourth-order valence-electron chi connectivity index (χ4n) is 4.29. The van der Waals surface area contributed by atoms with Gasteiger partial charge >= 0.3 is 0 Å². The van der Waals surface area contributed by atoms with Crippen LogP contribution in [0, 0.1) is 0 Å². The maximum atomic E-state index is 13.6. The number of ether oxygens (including phenoxy) is 1. The lowest BCUT2D eigenvalue weighted by Crippen LogP contribution is -2.31. The first-order valence-electron chi connectivity index (χ1n) is 11.7. The van der Waals surface area contributed by atoms with Gasteiger partial charge in [0.2, 0.25) is 5.95 Å². The molecule has 36 heavy (non-hydrogen) atoms. The second-order valence-electron chi connectivity index (χ2n) is 8.80. The van der Waals surface area contributed by atoms with Gasteiger partial charge in [-0.05, 0) is 61.0 Å². The molecule has 1 aliphatic rings. The van der Waals surface area contributed by atoms with Gasteiger partial charge in [-0.3, -0.25) is 4.79 Å². The first-order valence-corrected chi connectivity index (χ1v) is 11.7. The standard InChI is InChI=1S/C28H28N6O2/c1-18-24(27(35)30-21-8-6-5-7-9-21)25(19-12-16-23(36-4)17-13-19)34-28(29-18)31-26(32-34)20-10-14-22(15-11-20)33(2)3/h5-17,25H,1-4H3,(H,30,35)(H,29,31,32).